The molecule has 0 aromatic rings. The maximum atomic E-state index is 11.2. The molecule has 4 unspecified atom stereocenters. The second-order valence-corrected chi connectivity index (χ2v) is 4.93. The number of aliphatic hydroxyl groups is 2. The summed E-state index contributed by atoms with van der Waals surface area (Å²) in [6.07, 6.45) is -2.92. The van der Waals surface area contributed by atoms with Gasteiger partial charge in [-0.05, 0) is 20.8 Å². The highest BCUT2D eigenvalue weighted by Crippen LogP contribution is 2.43. The van der Waals surface area contributed by atoms with E-state index in [4.69, 9.17) is 19.7 Å². The van der Waals surface area contributed by atoms with Crippen LogP contribution in [0.5, 0.6) is 0 Å². The Morgan fingerprint density at radius 1 is 1.11 bits per heavy atom. The lowest BCUT2D eigenvalue weighted by atomic mass is 10.4. The van der Waals surface area contributed by atoms with E-state index in [-0.39, 0.29) is 19.8 Å². The first kappa shape index (κ1) is 17.9. The van der Waals surface area contributed by atoms with Crippen LogP contribution in [0.15, 0.2) is 0 Å². The van der Waals surface area contributed by atoms with E-state index in [2.05, 4.69) is 9.05 Å². The maximum Gasteiger partial charge on any atom is 0.472 e. The maximum absolute atomic E-state index is 11.2. The fourth-order valence-corrected chi connectivity index (χ4v) is 1.78. The van der Waals surface area contributed by atoms with Crippen LogP contribution in [0.1, 0.15) is 20.8 Å². The summed E-state index contributed by atoms with van der Waals surface area (Å²) in [4.78, 5) is 9.18. The molecule has 9 heteroatoms. The third kappa shape index (κ3) is 9.93. The van der Waals surface area contributed by atoms with Crippen LogP contribution in [0.3, 0.4) is 0 Å². The standard InChI is InChI=1S/C9H21O8P/c1-4-15-18(12,13)16-6-9(17-8(3)11)5-14-7(2)10/h7-11H,4-6H2,1-3H3,(H,12,13). The van der Waals surface area contributed by atoms with Crippen LogP contribution in [-0.2, 0) is 23.1 Å². The lowest BCUT2D eigenvalue weighted by molar-refractivity contribution is -0.177. The predicted octanol–water partition coefficient (Wildman–Crippen LogP) is 0.218. The average Bonchev–Trinajstić information content (AvgIpc) is 2.21. The zero-order valence-electron chi connectivity index (χ0n) is 10.7. The minimum Gasteiger partial charge on any atom is -0.368 e. The van der Waals surface area contributed by atoms with Gasteiger partial charge in [0.05, 0.1) is 19.8 Å². The molecule has 3 N–H and O–H groups in total. The van der Waals surface area contributed by atoms with Crippen molar-refractivity contribution in [3.8, 4) is 0 Å². The van der Waals surface area contributed by atoms with Crippen molar-refractivity contribution in [2.45, 2.75) is 39.5 Å². The van der Waals surface area contributed by atoms with Gasteiger partial charge in [0.25, 0.3) is 0 Å². The van der Waals surface area contributed by atoms with E-state index in [1.807, 2.05) is 0 Å². The fourth-order valence-electron chi connectivity index (χ4n) is 1.03. The number of phosphoric acid groups is 1. The molecule has 0 saturated carbocycles. The number of phosphoric ester groups is 1. The van der Waals surface area contributed by atoms with Gasteiger partial charge < -0.3 is 24.6 Å². The molecule has 0 aliphatic carbocycles. The van der Waals surface area contributed by atoms with Gasteiger partial charge in [-0.15, -0.1) is 0 Å². The predicted molar refractivity (Wildman–Crippen MR) is 61.6 cm³/mol. The van der Waals surface area contributed by atoms with E-state index in [9.17, 15) is 9.46 Å². The molecule has 0 aromatic heterocycles. The molecule has 0 fully saturated rings. The molecule has 0 aliphatic rings. The number of hydrogen-bond acceptors (Lipinski definition) is 7. The van der Waals surface area contributed by atoms with Crippen molar-refractivity contribution in [3.63, 3.8) is 0 Å². The van der Waals surface area contributed by atoms with Gasteiger partial charge in [-0.2, -0.15) is 0 Å². The molecule has 0 bridgehead atoms. The van der Waals surface area contributed by atoms with Crippen molar-refractivity contribution in [2.24, 2.45) is 0 Å². The Balaban J connectivity index is 4.18. The summed E-state index contributed by atoms with van der Waals surface area (Å²) < 4.78 is 30.2. The lowest BCUT2D eigenvalue weighted by Gasteiger charge is -2.21. The Morgan fingerprint density at radius 2 is 1.72 bits per heavy atom. The molecule has 8 nitrogen and oxygen atoms in total. The Bertz CT molecular complexity index is 257. The summed E-state index contributed by atoms with van der Waals surface area (Å²) in [6.45, 7) is 3.93. The Hall–Kier alpha value is -0.0500. The minimum atomic E-state index is -4.12. The van der Waals surface area contributed by atoms with Gasteiger partial charge in [0, 0.05) is 0 Å². The van der Waals surface area contributed by atoms with E-state index < -0.39 is 26.5 Å². The highest BCUT2D eigenvalue weighted by molar-refractivity contribution is 7.47. The Morgan fingerprint density at radius 3 is 2.17 bits per heavy atom. The third-order valence-electron chi connectivity index (χ3n) is 1.63. The molecule has 0 aromatic carbocycles. The van der Waals surface area contributed by atoms with E-state index in [1.165, 1.54) is 13.8 Å². The van der Waals surface area contributed by atoms with Gasteiger partial charge in [-0.3, -0.25) is 9.05 Å². The van der Waals surface area contributed by atoms with E-state index in [0.29, 0.717) is 0 Å². The topological polar surface area (TPSA) is 115 Å². The number of aliphatic hydroxyl groups excluding tert-OH is 2. The van der Waals surface area contributed by atoms with Gasteiger partial charge in [0.15, 0.2) is 12.6 Å². The average molecular weight is 288 g/mol. The molecule has 4 atom stereocenters. The monoisotopic (exact) mass is 288 g/mol. The van der Waals surface area contributed by atoms with Crippen molar-refractivity contribution < 1.29 is 38.2 Å². The highest BCUT2D eigenvalue weighted by Gasteiger charge is 2.24. The molecule has 0 heterocycles. The first-order valence-corrected chi connectivity index (χ1v) is 7.01. The molecule has 0 spiro atoms. The molecule has 110 valence electrons. The quantitative estimate of drug-likeness (QED) is 0.386. The van der Waals surface area contributed by atoms with Crippen molar-refractivity contribution in [3.05, 3.63) is 0 Å². The van der Waals surface area contributed by atoms with Gasteiger partial charge >= 0.3 is 7.82 Å². The van der Waals surface area contributed by atoms with Crippen molar-refractivity contribution in [2.75, 3.05) is 19.8 Å². The zero-order chi connectivity index (χ0) is 14.2. The van der Waals surface area contributed by atoms with E-state index in [1.54, 1.807) is 6.92 Å². The van der Waals surface area contributed by atoms with Crippen LogP contribution in [0.4, 0.5) is 0 Å². The van der Waals surface area contributed by atoms with Crippen LogP contribution in [0, 0.1) is 0 Å². The van der Waals surface area contributed by atoms with Gasteiger partial charge in [0.1, 0.15) is 6.10 Å². The Kier molecular flexibility index (Phi) is 8.93. The smallest absolute Gasteiger partial charge is 0.368 e. The summed E-state index contributed by atoms with van der Waals surface area (Å²) in [6, 6.07) is 0. The van der Waals surface area contributed by atoms with Gasteiger partial charge in [0.2, 0.25) is 0 Å². The second-order valence-electron chi connectivity index (χ2n) is 3.47. The van der Waals surface area contributed by atoms with Crippen LogP contribution in [0.25, 0.3) is 0 Å². The first-order valence-electron chi connectivity index (χ1n) is 5.52. The molecule has 0 saturated heterocycles. The normalized spacial score (nSPS) is 20.1. The van der Waals surface area contributed by atoms with Crippen molar-refractivity contribution >= 4 is 7.82 Å². The van der Waals surface area contributed by atoms with E-state index >= 15 is 0 Å². The molecule has 0 aliphatic heterocycles. The summed E-state index contributed by atoms with van der Waals surface area (Å²) in [5.74, 6) is 0. The SMILES string of the molecule is CCOP(=O)(O)OCC(COC(C)O)OC(C)O. The van der Waals surface area contributed by atoms with Crippen LogP contribution in [0.2, 0.25) is 0 Å². The highest BCUT2D eigenvalue weighted by atomic mass is 31.2. The molecule has 18 heavy (non-hydrogen) atoms. The summed E-state index contributed by atoms with van der Waals surface area (Å²) >= 11 is 0. The zero-order valence-corrected chi connectivity index (χ0v) is 11.6. The Labute approximate surface area is 106 Å². The molecular weight excluding hydrogens is 267 g/mol. The minimum absolute atomic E-state index is 0.0277. The molecule has 0 radical (unpaired) electrons. The second kappa shape index (κ2) is 8.95. The first-order chi connectivity index (χ1) is 8.26. The van der Waals surface area contributed by atoms with Crippen molar-refractivity contribution in [1.82, 2.24) is 0 Å². The van der Waals surface area contributed by atoms with Crippen LogP contribution >= 0.6 is 7.82 Å². The fraction of sp³-hybridized carbons (Fsp3) is 1.00. The molecular formula is C9H21O8P. The molecule has 0 amide bonds. The lowest BCUT2D eigenvalue weighted by Crippen LogP contribution is -2.30. The summed E-state index contributed by atoms with van der Waals surface area (Å²) in [5.41, 5.74) is 0. The van der Waals surface area contributed by atoms with E-state index in [0.717, 1.165) is 0 Å². The van der Waals surface area contributed by atoms with Gasteiger partial charge in [-0.1, -0.05) is 0 Å². The van der Waals surface area contributed by atoms with Crippen LogP contribution in [-0.4, -0.2) is 53.6 Å². The summed E-state index contributed by atoms with van der Waals surface area (Å²) in [5, 5.41) is 18.0. The third-order valence-corrected chi connectivity index (χ3v) is 2.69. The molecule has 0 rings (SSSR count). The number of rotatable bonds is 10. The van der Waals surface area contributed by atoms with Crippen LogP contribution < -0.4 is 0 Å². The number of hydrogen-bond donors (Lipinski definition) is 3. The summed E-state index contributed by atoms with van der Waals surface area (Å²) in [7, 11) is -4.12. The number of ether oxygens (including phenoxy) is 2. The van der Waals surface area contributed by atoms with Gasteiger partial charge in [-0.25, -0.2) is 4.57 Å². The van der Waals surface area contributed by atoms with Crippen molar-refractivity contribution in [1.29, 1.82) is 0 Å². The largest absolute Gasteiger partial charge is 0.472 e.